The first-order chi connectivity index (χ1) is 11.1. The van der Waals surface area contributed by atoms with E-state index in [2.05, 4.69) is 5.32 Å². The summed E-state index contributed by atoms with van der Waals surface area (Å²) in [4.78, 5) is 0. The molecular formula is C17H24BF2NO3. The summed E-state index contributed by atoms with van der Waals surface area (Å²) < 4.78 is 39.7. The molecule has 1 aliphatic rings. The first kappa shape index (κ1) is 19.1. The highest BCUT2D eigenvalue weighted by atomic mass is 19.1. The fourth-order valence-electron chi connectivity index (χ4n) is 2.47. The summed E-state index contributed by atoms with van der Waals surface area (Å²) >= 11 is 0. The third-order valence-electron chi connectivity index (χ3n) is 4.61. The number of nitrogens with one attached hydrogen (secondary N) is 1. The number of aliphatic hydroxyl groups is 1. The Hall–Kier alpha value is -1.28. The largest absolute Gasteiger partial charge is 0.491 e. The number of rotatable bonds is 5. The Bertz CT molecular complexity index is 608. The van der Waals surface area contributed by atoms with Crippen LogP contribution in [0.5, 0.6) is 0 Å². The maximum absolute atomic E-state index is 13.9. The highest BCUT2D eigenvalue weighted by Crippen LogP contribution is 2.38. The van der Waals surface area contributed by atoms with Crippen LogP contribution in [0, 0.1) is 11.6 Å². The first-order valence-electron chi connectivity index (χ1n) is 7.91. The van der Waals surface area contributed by atoms with Crippen LogP contribution in [0.3, 0.4) is 0 Å². The highest BCUT2D eigenvalue weighted by Gasteiger charge is 2.52. The lowest BCUT2D eigenvalue weighted by Crippen LogP contribution is -2.41. The lowest BCUT2D eigenvalue weighted by molar-refractivity contribution is 0.00578. The van der Waals surface area contributed by atoms with Gasteiger partial charge in [-0.1, -0.05) is 6.08 Å². The summed E-state index contributed by atoms with van der Waals surface area (Å²) in [5, 5.41) is 12.0. The van der Waals surface area contributed by atoms with E-state index in [9.17, 15) is 8.78 Å². The van der Waals surface area contributed by atoms with Crippen molar-refractivity contribution in [3.8, 4) is 0 Å². The van der Waals surface area contributed by atoms with Gasteiger partial charge in [0, 0.05) is 12.1 Å². The van der Waals surface area contributed by atoms with Crippen molar-refractivity contribution in [3.05, 3.63) is 40.4 Å². The van der Waals surface area contributed by atoms with Gasteiger partial charge in [0.1, 0.15) is 11.6 Å². The molecule has 1 aliphatic heterocycles. The Morgan fingerprint density at radius 3 is 2.08 bits per heavy atom. The van der Waals surface area contributed by atoms with Crippen LogP contribution in [-0.4, -0.2) is 37.0 Å². The molecule has 0 saturated carbocycles. The molecule has 0 radical (unpaired) electrons. The fraction of sp³-hybridized carbons (Fsp3) is 0.529. The average molecular weight is 339 g/mol. The van der Waals surface area contributed by atoms with E-state index in [0.717, 1.165) is 5.47 Å². The topological polar surface area (TPSA) is 50.7 Å². The van der Waals surface area contributed by atoms with Gasteiger partial charge in [-0.15, -0.1) is 0 Å². The van der Waals surface area contributed by atoms with Crippen LogP contribution < -0.4 is 5.32 Å². The standard InChI is InChI=1S/C17H24BF2NO3/c1-16(2)17(3,4)24-18(23-16)12(9-21-5)6-11-7-14(19)13(10-22)15(20)8-11/h6-8,21-22H,9-10H2,1-5H3. The normalized spacial score (nSPS) is 19.8. The van der Waals surface area contributed by atoms with Crippen LogP contribution in [0.1, 0.15) is 38.8 Å². The molecule has 2 N–H and O–H groups in total. The first-order valence-corrected chi connectivity index (χ1v) is 7.91. The highest BCUT2D eigenvalue weighted by molar-refractivity contribution is 6.55. The van der Waals surface area contributed by atoms with Gasteiger partial charge in [0.15, 0.2) is 0 Å². The molecule has 24 heavy (non-hydrogen) atoms. The van der Waals surface area contributed by atoms with Gasteiger partial charge in [-0.05, 0) is 57.9 Å². The molecule has 1 saturated heterocycles. The fourth-order valence-corrected chi connectivity index (χ4v) is 2.47. The summed E-state index contributed by atoms with van der Waals surface area (Å²) in [5.74, 6) is -1.55. The van der Waals surface area contributed by atoms with E-state index < -0.39 is 36.6 Å². The SMILES string of the molecule is CNCC(=Cc1cc(F)c(CO)c(F)c1)B1OC(C)(C)C(C)(C)O1. The number of hydrogen-bond donors (Lipinski definition) is 2. The third-order valence-corrected chi connectivity index (χ3v) is 4.61. The van der Waals surface area contributed by atoms with Crippen LogP contribution in [0.25, 0.3) is 6.08 Å². The zero-order valence-electron chi connectivity index (χ0n) is 14.7. The smallest absolute Gasteiger partial charge is 0.400 e. The zero-order valence-corrected chi connectivity index (χ0v) is 14.7. The van der Waals surface area contributed by atoms with Crippen LogP contribution >= 0.6 is 0 Å². The van der Waals surface area contributed by atoms with Crippen LogP contribution in [0.4, 0.5) is 8.78 Å². The average Bonchev–Trinajstić information content (AvgIpc) is 2.66. The van der Waals surface area contributed by atoms with Crippen molar-refractivity contribution in [2.75, 3.05) is 13.6 Å². The quantitative estimate of drug-likeness (QED) is 0.810. The van der Waals surface area contributed by atoms with E-state index in [0.29, 0.717) is 12.1 Å². The van der Waals surface area contributed by atoms with Gasteiger partial charge in [-0.3, -0.25) is 0 Å². The minimum atomic E-state index is -0.776. The van der Waals surface area contributed by atoms with Crippen molar-refractivity contribution in [3.63, 3.8) is 0 Å². The van der Waals surface area contributed by atoms with Gasteiger partial charge in [0.2, 0.25) is 0 Å². The summed E-state index contributed by atoms with van der Waals surface area (Å²) in [6, 6.07) is 2.38. The Labute approximate surface area is 142 Å². The van der Waals surface area contributed by atoms with Crippen molar-refractivity contribution in [2.24, 2.45) is 0 Å². The Kier molecular flexibility index (Phi) is 5.49. The molecule has 0 aliphatic carbocycles. The summed E-state index contributed by atoms with van der Waals surface area (Å²) in [7, 11) is 1.17. The van der Waals surface area contributed by atoms with Crippen molar-refractivity contribution < 1.29 is 23.2 Å². The summed E-state index contributed by atoms with van der Waals surface area (Å²) in [5.41, 5.74) is -0.254. The molecule has 1 heterocycles. The van der Waals surface area contributed by atoms with Gasteiger partial charge in [-0.25, -0.2) is 8.78 Å². The predicted octanol–water partition coefficient (Wildman–Crippen LogP) is 2.69. The van der Waals surface area contributed by atoms with Crippen molar-refractivity contribution in [1.29, 1.82) is 0 Å². The van der Waals surface area contributed by atoms with E-state index in [4.69, 9.17) is 14.4 Å². The maximum atomic E-state index is 13.9. The Morgan fingerprint density at radius 1 is 1.17 bits per heavy atom. The van der Waals surface area contributed by atoms with Crippen LogP contribution in [0.15, 0.2) is 17.6 Å². The second-order valence-electron chi connectivity index (χ2n) is 6.96. The molecule has 2 rings (SSSR count). The molecule has 1 aromatic carbocycles. The number of likely N-dealkylation sites (N-methyl/N-ethyl adjacent to an activating group) is 1. The van der Waals surface area contributed by atoms with E-state index in [1.807, 2.05) is 27.7 Å². The molecule has 132 valence electrons. The number of halogens is 2. The monoisotopic (exact) mass is 339 g/mol. The lowest BCUT2D eigenvalue weighted by Gasteiger charge is -2.32. The van der Waals surface area contributed by atoms with Gasteiger partial charge in [0.05, 0.1) is 17.8 Å². The maximum Gasteiger partial charge on any atom is 0.491 e. The van der Waals surface area contributed by atoms with Gasteiger partial charge >= 0.3 is 7.12 Å². The molecule has 1 aromatic rings. The molecular weight excluding hydrogens is 315 g/mol. The minimum Gasteiger partial charge on any atom is -0.400 e. The molecule has 0 amide bonds. The summed E-state index contributed by atoms with van der Waals surface area (Å²) in [6.45, 7) is 7.54. The van der Waals surface area contributed by atoms with Crippen molar-refractivity contribution >= 4 is 13.2 Å². The second-order valence-corrected chi connectivity index (χ2v) is 6.96. The number of hydrogen-bond acceptors (Lipinski definition) is 4. The molecule has 4 nitrogen and oxygen atoms in total. The van der Waals surface area contributed by atoms with Crippen LogP contribution in [-0.2, 0) is 15.9 Å². The molecule has 7 heteroatoms. The van der Waals surface area contributed by atoms with E-state index in [1.165, 1.54) is 12.1 Å². The second kappa shape index (κ2) is 6.92. The lowest BCUT2D eigenvalue weighted by atomic mass is 9.77. The third kappa shape index (κ3) is 3.69. The summed E-state index contributed by atoms with van der Waals surface area (Å²) in [6.07, 6.45) is 1.64. The molecule has 0 bridgehead atoms. The molecule has 1 fully saturated rings. The molecule has 0 spiro atoms. The Balaban J connectivity index is 2.37. The molecule has 0 atom stereocenters. The molecule has 0 unspecified atom stereocenters. The van der Waals surface area contributed by atoms with Gasteiger partial charge < -0.3 is 19.7 Å². The number of benzene rings is 1. The van der Waals surface area contributed by atoms with Crippen molar-refractivity contribution in [1.82, 2.24) is 5.32 Å². The van der Waals surface area contributed by atoms with E-state index in [1.54, 1.807) is 13.1 Å². The van der Waals surface area contributed by atoms with Gasteiger partial charge in [0.25, 0.3) is 0 Å². The minimum absolute atomic E-state index is 0.335. The van der Waals surface area contributed by atoms with E-state index in [-0.39, 0.29) is 5.56 Å². The van der Waals surface area contributed by atoms with Gasteiger partial charge in [-0.2, -0.15) is 0 Å². The van der Waals surface area contributed by atoms with E-state index >= 15 is 0 Å². The number of aliphatic hydroxyl groups excluding tert-OH is 1. The van der Waals surface area contributed by atoms with Crippen LogP contribution in [0.2, 0.25) is 0 Å². The zero-order chi connectivity index (χ0) is 18.1. The molecule has 0 aromatic heterocycles. The Morgan fingerprint density at radius 2 is 1.67 bits per heavy atom. The van der Waals surface area contributed by atoms with Crippen molar-refractivity contribution in [2.45, 2.75) is 45.5 Å². The predicted molar refractivity (Wildman–Crippen MR) is 90.3 cm³/mol.